The molecule has 0 bridgehead atoms. The number of nitrogens with one attached hydrogen (secondary N) is 2. The van der Waals surface area contributed by atoms with Gasteiger partial charge < -0.3 is 15.4 Å². The highest BCUT2D eigenvalue weighted by Gasteiger charge is 2.26. The molecule has 2 amide bonds. The molecule has 4 nitrogen and oxygen atoms in total. The molecular formula is C16H16F2N2O2Si. The Morgan fingerprint density at radius 3 is 2.00 bits per heavy atom. The van der Waals surface area contributed by atoms with Crippen LogP contribution < -0.4 is 20.6 Å². The van der Waals surface area contributed by atoms with E-state index in [0.29, 0.717) is 17.5 Å². The summed E-state index contributed by atoms with van der Waals surface area (Å²) >= 11 is 0. The molecule has 0 unspecified atom stereocenters. The molecule has 2 aromatic rings. The molecule has 120 valence electrons. The van der Waals surface area contributed by atoms with Crippen LogP contribution in [-0.4, -0.2) is 22.4 Å². The summed E-state index contributed by atoms with van der Waals surface area (Å²) in [5, 5.41) is 6.51. The molecular weight excluding hydrogens is 318 g/mol. The van der Waals surface area contributed by atoms with Gasteiger partial charge in [-0.15, -0.1) is 0 Å². The third kappa shape index (κ3) is 5.22. The molecule has 0 saturated carbocycles. The van der Waals surface area contributed by atoms with Crippen molar-refractivity contribution in [2.45, 2.75) is 6.11 Å². The van der Waals surface area contributed by atoms with Gasteiger partial charge in [-0.2, -0.15) is 8.78 Å². The van der Waals surface area contributed by atoms with Crippen molar-refractivity contribution in [2.24, 2.45) is 0 Å². The van der Waals surface area contributed by atoms with Crippen LogP contribution in [0.15, 0.2) is 61.2 Å². The summed E-state index contributed by atoms with van der Waals surface area (Å²) < 4.78 is 30.4. The van der Waals surface area contributed by atoms with Crippen LogP contribution in [0.4, 0.5) is 25.0 Å². The molecule has 2 aromatic carbocycles. The number of benzene rings is 2. The molecule has 0 spiro atoms. The number of halogens is 2. The quantitative estimate of drug-likeness (QED) is 0.652. The summed E-state index contributed by atoms with van der Waals surface area (Å²) in [6, 6.07) is 12.7. The zero-order chi connectivity index (χ0) is 16.9. The molecule has 0 atom stereocenters. The molecule has 7 heteroatoms. The number of urea groups is 1. The summed E-state index contributed by atoms with van der Waals surface area (Å²) in [4.78, 5) is 11.8. The van der Waals surface area contributed by atoms with E-state index >= 15 is 0 Å². The van der Waals surface area contributed by atoms with Crippen molar-refractivity contribution in [1.82, 2.24) is 0 Å². The molecule has 0 radical (unpaired) electrons. The SMILES string of the molecule is C=CC(F)(F)Oc1ccc(NC(=O)Nc2ccc([SiH3])cc2)cc1. The normalized spacial score (nSPS) is 10.9. The van der Waals surface area contributed by atoms with Crippen molar-refractivity contribution in [3.8, 4) is 5.75 Å². The third-order valence-corrected chi connectivity index (χ3v) is 3.58. The number of hydrogen-bond acceptors (Lipinski definition) is 2. The summed E-state index contributed by atoms with van der Waals surface area (Å²) in [6.45, 7) is 2.99. The van der Waals surface area contributed by atoms with Crippen molar-refractivity contribution in [3.05, 3.63) is 61.2 Å². The van der Waals surface area contributed by atoms with Crippen molar-refractivity contribution < 1.29 is 18.3 Å². The van der Waals surface area contributed by atoms with Crippen LogP contribution in [0.25, 0.3) is 0 Å². The number of anilines is 2. The standard InChI is InChI=1S/C16H16F2N2O2Si/c1-2-16(17,18)22-13-7-3-11(4-8-13)19-15(21)20-12-5-9-14(23)10-6-12/h2-10H,1H2,23H3,(H2,19,20,21). The smallest absolute Gasteiger partial charge is 0.419 e. The maximum atomic E-state index is 13.0. The van der Waals surface area contributed by atoms with Crippen molar-refractivity contribution in [1.29, 1.82) is 0 Å². The van der Waals surface area contributed by atoms with Crippen LogP contribution in [0.3, 0.4) is 0 Å². The average Bonchev–Trinajstić information content (AvgIpc) is 2.51. The molecule has 0 aliphatic carbocycles. The van der Waals surface area contributed by atoms with Gasteiger partial charge in [0.1, 0.15) is 5.75 Å². The highest BCUT2D eigenvalue weighted by atomic mass is 28.1. The van der Waals surface area contributed by atoms with E-state index in [9.17, 15) is 13.6 Å². The fraction of sp³-hybridized carbons (Fsp3) is 0.0625. The topological polar surface area (TPSA) is 50.4 Å². The summed E-state index contributed by atoms with van der Waals surface area (Å²) in [6.07, 6.45) is -3.02. The maximum Gasteiger partial charge on any atom is 0.419 e. The van der Waals surface area contributed by atoms with Gasteiger partial charge in [-0.25, -0.2) is 4.79 Å². The maximum absolute atomic E-state index is 13.0. The lowest BCUT2D eigenvalue weighted by Crippen LogP contribution is -2.21. The van der Waals surface area contributed by atoms with Crippen molar-refractivity contribution in [2.75, 3.05) is 10.6 Å². The second-order valence-electron chi connectivity index (χ2n) is 4.84. The number of carbonyl (C=O) groups excluding carboxylic acids is 1. The van der Waals surface area contributed by atoms with Crippen molar-refractivity contribution >= 4 is 32.8 Å². The lowest BCUT2D eigenvalue weighted by molar-refractivity contribution is -0.131. The second kappa shape index (κ2) is 7.06. The molecule has 0 aromatic heterocycles. The second-order valence-corrected chi connectivity index (χ2v) is 5.99. The minimum Gasteiger partial charge on any atom is -0.429 e. The zero-order valence-corrected chi connectivity index (χ0v) is 14.5. The Kier molecular flexibility index (Phi) is 5.12. The zero-order valence-electron chi connectivity index (χ0n) is 12.5. The van der Waals surface area contributed by atoms with Gasteiger partial charge in [0.25, 0.3) is 0 Å². The molecule has 0 heterocycles. The Labute approximate surface area is 135 Å². The third-order valence-electron chi connectivity index (χ3n) is 2.91. The van der Waals surface area contributed by atoms with Gasteiger partial charge in [0, 0.05) is 27.7 Å². The first-order valence-electron chi connectivity index (χ1n) is 6.83. The van der Waals surface area contributed by atoms with E-state index in [4.69, 9.17) is 0 Å². The lowest BCUT2D eigenvalue weighted by Gasteiger charge is -2.14. The van der Waals surface area contributed by atoms with E-state index < -0.39 is 12.1 Å². The minimum absolute atomic E-state index is 0.0245. The Morgan fingerprint density at radius 1 is 1.04 bits per heavy atom. The Balaban J connectivity index is 1.93. The highest BCUT2D eigenvalue weighted by Crippen LogP contribution is 2.23. The number of rotatable bonds is 5. The van der Waals surface area contributed by atoms with Gasteiger partial charge in [-0.05, 0) is 36.4 Å². The van der Waals surface area contributed by atoms with Gasteiger partial charge in [0.2, 0.25) is 0 Å². The minimum atomic E-state index is -3.43. The van der Waals surface area contributed by atoms with Gasteiger partial charge in [0.15, 0.2) is 0 Å². The molecule has 23 heavy (non-hydrogen) atoms. The first kappa shape index (κ1) is 16.7. The van der Waals surface area contributed by atoms with E-state index in [2.05, 4.69) is 21.9 Å². The molecule has 0 aliphatic rings. The number of ether oxygens (including phenoxy) is 1. The predicted octanol–water partition coefficient (Wildman–Crippen LogP) is 2.48. The number of carbonyl (C=O) groups is 1. The summed E-state index contributed by atoms with van der Waals surface area (Å²) in [5.41, 5.74) is 1.13. The summed E-state index contributed by atoms with van der Waals surface area (Å²) in [7, 11) is 0.947. The first-order valence-corrected chi connectivity index (χ1v) is 7.83. The monoisotopic (exact) mass is 334 g/mol. The van der Waals surface area contributed by atoms with Gasteiger partial charge >= 0.3 is 12.1 Å². The van der Waals surface area contributed by atoms with Crippen LogP contribution in [0.5, 0.6) is 5.75 Å². The van der Waals surface area contributed by atoms with Gasteiger partial charge in [-0.1, -0.05) is 23.9 Å². The van der Waals surface area contributed by atoms with Crippen LogP contribution in [-0.2, 0) is 0 Å². The summed E-state index contributed by atoms with van der Waals surface area (Å²) in [5.74, 6) is -0.0245. The van der Waals surface area contributed by atoms with Gasteiger partial charge in [-0.3, -0.25) is 0 Å². The van der Waals surface area contributed by atoms with Crippen LogP contribution in [0.2, 0.25) is 0 Å². The molecule has 0 fully saturated rings. The molecule has 2 rings (SSSR count). The van der Waals surface area contributed by atoms with E-state index in [-0.39, 0.29) is 5.75 Å². The number of amides is 2. The first-order chi connectivity index (χ1) is 10.9. The van der Waals surface area contributed by atoms with E-state index in [1.807, 2.05) is 24.3 Å². The Bertz CT molecular complexity index is 688. The van der Waals surface area contributed by atoms with Crippen LogP contribution >= 0.6 is 0 Å². The average molecular weight is 334 g/mol. The van der Waals surface area contributed by atoms with Gasteiger partial charge in [0.05, 0.1) is 0 Å². The molecule has 2 N–H and O–H groups in total. The molecule has 0 saturated heterocycles. The Morgan fingerprint density at radius 2 is 1.52 bits per heavy atom. The number of hydrogen-bond donors (Lipinski definition) is 2. The predicted molar refractivity (Wildman–Crippen MR) is 90.9 cm³/mol. The highest BCUT2D eigenvalue weighted by molar-refractivity contribution is 6.32. The van der Waals surface area contributed by atoms with Crippen LogP contribution in [0, 0.1) is 0 Å². The Hall–Kier alpha value is -2.67. The number of alkyl halides is 2. The van der Waals surface area contributed by atoms with E-state index in [0.717, 1.165) is 10.2 Å². The molecule has 0 aliphatic heterocycles. The fourth-order valence-corrected chi connectivity index (χ4v) is 2.07. The largest absolute Gasteiger partial charge is 0.429 e. The lowest BCUT2D eigenvalue weighted by atomic mass is 10.3. The van der Waals surface area contributed by atoms with E-state index in [1.54, 1.807) is 0 Å². The van der Waals surface area contributed by atoms with Crippen LogP contribution in [0.1, 0.15) is 0 Å². The fourth-order valence-electron chi connectivity index (χ4n) is 1.74. The van der Waals surface area contributed by atoms with Crippen molar-refractivity contribution in [3.63, 3.8) is 0 Å². The van der Waals surface area contributed by atoms with E-state index in [1.165, 1.54) is 29.5 Å².